The van der Waals surface area contributed by atoms with E-state index in [9.17, 15) is 0 Å². The molecule has 5 heteroatoms. The van der Waals surface area contributed by atoms with Gasteiger partial charge >= 0.3 is 0 Å². The Morgan fingerprint density at radius 2 is 2.24 bits per heavy atom. The summed E-state index contributed by atoms with van der Waals surface area (Å²) < 4.78 is 5.31. The van der Waals surface area contributed by atoms with Gasteiger partial charge in [-0.05, 0) is 31.6 Å². The highest BCUT2D eigenvalue weighted by Gasteiger charge is 2.19. The van der Waals surface area contributed by atoms with Crippen LogP contribution < -0.4 is 5.73 Å². The van der Waals surface area contributed by atoms with Gasteiger partial charge in [-0.3, -0.25) is 0 Å². The maximum absolute atomic E-state index is 5.60. The Balaban J connectivity index is 2.28. The quantitative estimate of drug-likeness (QED) is 0.360. The molecule has 0 bridgehead atoms. The normalized spacial score (nSPS) is 26.0. The number of hydrogen-bond donors (Lipinski definition) is 1. The van der Waals surface area contributed by atoms with E-state index >= 15 is 0 Å². The number of amidine groups is 1. The second kappa shape index (κ2) is 8.15. The molecule has 0 radical (unpaired) electrons. The average molecular weight is 253 g/mol. The van der Waals surface area contributed by atoms with Crippen molar-refractivity contribution in [1.29, 1.82) is 0 Å². The lowest BCUT2D eigenvalue weighted by Crippen LogP contribution is -2.20. The Hall–Kier alpha value is -0.990. The largest absolute Gasteiger partial charge is 0.381 e. The minimum atomic E-state index is 0.416. The number of terminal acetylenes is 1. The molecule has 0 aromatic carbocycles. The molecule has 0 unspecified atom stereocenters. The van der Waals surface area contributed by atoms with E-state index in [-0.39, 0.29) is 0 Å². The average Bonchev–Trinajstić information content (AvgIpc) is 2.37. The molecule has 4 nitrogen and oxygen atoms in total. The van der Waals surface area contributed by atoms with Crippen LogP contribution in [0.3, 0.4) is 0 Å². The molecule has 2 N–H and O–H groups in total. The number of hydrogen-bond acceptors (Lipinski definition) is 4. The van der Waals surface area contributed by atoms with Crippen molar-refractivity contribution >= 4 is 23.1 Å². The van der Waals surface area contributed by atoms with Crippen LogP contribution in [0.2, 0.25) is 0 Å². The molecule has 0 saturated heterocycles. The second-order valence-corrected chi connectivity index (χ2v) is 4.96. The third-order valence-corrected chi connectivity index (χ3v) is 3.48. The second-order valence-electron chi connectivity index (χ2n) is 3.97. The third kappa shape index (κ3) is 5.76. The summed E-state index contributed by atoms with van der Waals surface area (Å²) in [6.07, 6.45) is 11.8. The third-order valence-electron chi connectivity index (χ3n) is 2.79. The maximum atomic E-state index is 5.60. The van der Waals surface area contributed by atoms with E-state index in [1.54, 1.807) is 7.11 Å². The fraction of sp³-hybridized carbons (Fsp3) is 0.667. The predicted octanol–water partition coefficient (Wildman–Crippen LogP) is 1.86. The molecule has 17 heavy (non-hydrogen) atoms. The van der Waals surface area contributed by atoms with Gasteiger partial charge in [0, 0.05) is 13.3 Å². The molecule has 0 atom stereocenters. The van der Waals surface area contributed by atoms with E-state index in [4.69, 9.17) is 16.9 Å². The van der Waals surface area contributed by atoms with Gasteiger partial charge in [0.05, 0.1) is 11.9 Å². The van der Waals surface area contributed by atoms with Gasteiger partial charge in [-0.15, -0.1) is 11.5 Å². The van der Waals surface area contributed by atoms with Gasteiger partial charge in [-0.1, -0.05) is 17.7 Å². The first-order chi connectivity index (χ1) is 8.26. The molecule has 94 valence electrons. The molecule has 1 aliphatic rings. The van der Waals surface area contributed by atoms with Crippen molar-refractivity contribution < 1.29 is 4.74 Å². The maximum Gasteiger partial charge on any atom is 0.181 e. The van der Waals surface area contributed by atoms with E-state index < -0.39 is 0 Å². The van der Waals surface area contributed by atoms with E-state index in [0.29, 0.717) is 22.9 Å². The van der Waals surface area contributed by atoms with E-state index in [0.717, 1.165) is 25.7 Å². The fourth-order valence-corrected chi connectivity index (χ4v) is 2.14. The zero-order valence-corrected chi connectivity index (χ0v) is 10.9. The first kappa shape index (κ1) is 14.1. The zero-order chi connectivity index (χ0) is 12.5. The monoisotopic (exact) mass is 253 g/mol. The predicted molar refractivity (Wildman–Crippen MR) is 74.2 cm³/mol. The molecule has 1 fully saturated rings. The van der Waals surface area contributed by atoms with Crippen molar-refractivity contribution in [1.82, 2.24) is 0 Å². The number of nitrogens with zero attached hydrogens (tertiary/aromatic N) is 2. The summed E-state index contributed by atoms with van der Waals surface area (Å²) in [6.45, 7) is 0. The smallest absolute Gasteiger partial charge is 0.181 e. The standard InChI is InChI=1S/C12H19N3OS/c1-3-8-17-12(13)15-14-9-10-4-6-11(16-2)7-5-10/h1,9-11H,4-8H2,2H3,(H2,13,15)/b14-9+. The molecular weight excluding hydrogens is 234 g/mol. The van der Waals surface area contributed by atoms with Gasteiger partial charge in [0.15, 0.2) is 5.17 Å². The lowest BCUT2D eigenvalue weighted by atomic mass is 9.88. The van der Waals surface area contributed by atoms with Gasteiger partial charge in [-0.25, -0.2) is 0 Å². The van der Waals surface area contributed by atoms with Gasteiger partial charge in [-0.2, -0.15) is 5.10 Å². The molecule has 0 spiro atoms. The molecule has 0 aliphatic heterocycles. The highest BCUT2D eigenvalue weighted by molar-refractivity contribution is 8.13. The summed E-state index contributed by atoms with van der Waals surface area (Å²) in [7, 11) is 1.77. The lowest BCUT2D eigenvalue weighted by Gasteiger charge is -2.24. The molecule has 0 amide bonds. The molecule has 1 rings (SSSR count). The first-order valence-electron chi connectivity index (χ1n) is 5.72. The SMILES string of the molecule is C#CCS/C(N)=N\N=C\C1CCC(OC)CC1. The lowest BCUT2D eigenvalue weighted by molar-refractivity contribution is 0.0651. The summed E-state index contributed by atoms with van der Waals surface area (Å²) in [5.41, 5.74) is 5.60. The first-order valence-corrected chi connectivity index (χ1v) is 6.70. The van der Waals surface area contributed by atoms with Crippen molar-refractivity contribution in [3.63, 3.8) is 0 Å². The fourth-order valence-electron chi connectivity index (χ4n) is 1.80. The van der Waals surface area contributed by atoms with Crippen LogP contribution in [0.1, 0.15) is 25.7 Å². The van der Waals surface area contributed by atoms with Crippen molar-refractivity contribution in [3.8, 4) is 12.3 Å². The van der Waals surface area contributed by atoms with Crippen LogP contribution in [0.15, 0.2) is 10.2 Å². The van der Waals surface area contributed by atoms with Crippen LogP contribution in [0.25, 0.3) is 0 Å². The summed E-state index contributed by atoms with van der Waals surface area (Å²) in [5, 5.41) is 8.32. The Labute approximate surface area is 107 Å². The molecule has 1 saturated carbocycles. The molecule has 1 aliphatic carbocycles. The highest BCUT2D eigenvalue weighted by atomic mass is 32.2. The Morgan fingerprint density at radius 1 is 1.53 bits per heavy atom. The molecule has 0 aromatic rings. The van der Waals surface area contributed by atoms with Gasteiger partial charge in [0.1, 0.15) is 0 Å². The van der Waals surface area contributed by atoms with Crippen LogP contribution >= 0.6 is 11.8 Å². The Kier molecular flexibility index (Phi) is 6.75. The number of ether oxygens (including phenoxy) is 1. The van der Waals surface area contributed by atoms with Gasteiger partial charge in [0.25, 0.3) is 0 Å². The van der Waals surface area contributed by atoms with Gasteiger partial charge in [0.2, 0.25) is 0 Å². The summed E-state index contributed by atoms with van der Waals surface area (Å²) >= 11 is 1.32. The summed E-state index contributed by atoms with van der Waals surface area (Å²) in [4.78, 5) is 0. The summed E-state index contributed by atoms with van der Waals surface area (Å²) in [6, 6.07) is 0. The number of thioether (sulfide) groups is 1. The van der Waals surface area contributed by atoms with Crippen molar-refractivity contribution in [2.24, 2.45) is 21.9 Å². The van der Waals surface area contributed by atoms with Crippen LogP contribution in [0, 0.1) is 18.3 Å². The van der Waals surface area contributed by atoms with Crippen LogP contribution in [-0.4, -0.2) is 30.3 Å². The Morgan fingerprint density at radius 3 is 2.82 bits per heavy atom. The molecular formula is C12H19N3OS. The number of rotatable bonds is 4. The van der Waals surface area contributed by atoms with Crippen LogP contribution in [0.5, 0.6) is 0 Å². The molecule has 0 heterocycles. The van der Waals surface area contributed by atoms with Crippen LogP contribution in [0.4, 0.5) is 0 Å². The van der Waals surface area contributed by atoms with E-state index in [1.165, 1.54) is 11.8 Å². The van der Waals surface area contributed by atoms with E-state index in [1.807, 2.05) is 6.21 Å². The number of nitrogens with two attached hydrogens (primary N) is 1. The Bertz CT molecular complexity index is 314. The zero-order valence-electron chi connectivity index (χ0n) is 10.1. The van der Waals surface area contributed by atoms with Crippen molar-refractivity contribution in [3.05, 3.63) is 0 Å². The minimum Gasteiger partial charge on any atom is -0.381 e. The van der Waals surface area contributed by atoms with Gasteiger partial charge < -0.3 is 10.5 Å². The summed E-state index contributed by atoms with van der Waals surface area (Å²) in [5.74, 6) is 3.51. The topological polar surface area (TPSA) is 60.0 Å². The number of methoxy groups -OCH3 is 1. The highest BCUT2D eigenvalue weighted by Crippen LogP contribution is 2.24. The minimum absolute atomic E-state index is 0.416. The van der Waals surface area contributed by atoms with E-state index in [2.05, 4.69) is 16.1 Å². The van der Waals surface area contributed by atoms with Crippen molar-refractivity contribution in [2.75, 3.05) is 12.9 Å². The van der Waals surface area contributed by atoms with Crippen LogP contribution in [-0.2, 0) is 4.74 Å². The van der Waals surface area contributed by atoms with Crippen molar-refractivity contribution in [2.45, 2.75) is 31.8 Å². The molecule has 0 aromatic heterocycles.